The Balaban J connectivity index is 2.34. The molecule has 0 spiro atoms. The number of primary amides is 1. The Bertz CT molecular complexity index is 611. The van der Waals surface area contributed by atoms with Crippen molar-refractivity contribution >= 4 is 11.6 Å². The van der Waals surface area contributed by atoms with E-state index in [1.807, 2.05) is 19.1 Å². The van der Waals surface area contributed by atoms with Gasteiger partial charge in [0, 0.05) is 6.20 Å². The molecule has 2 aromatic rings. The summed E-state index contributed by atoms with van der Waals surface area (Å²) in [5.74, 6) is 0.0243. The van der Waals surface area contributed by atoms with Crippen molar-refractivity contribution < 1.29 is 9.53 Å². The van der Waals surface area contributed by atoms with Crippen LogP contribution < -0.4 is 16.2 Å². The van der Waals surface area contributed by atoms with Crippen LogP contribution in [0.25, 0.3) is 0 Å². The minimum absolute atomic E-state index is 0.158. The lowest BCUT2D eigenvalue weighted by atomic mass is 10.1. The number of carbonyl (C=O) groups is 1. The van der Waals surface area contributed by atoms with Gasteiger partial charge < -0.3 is 16.2 Å². The van der Waals surface area contributed by atoms with E-state index in [-0.39, 0.29) is 11.4 Å². The van der Waals surface area contributed by atoms with Crippen LogP contribution in [0, 0.1) is 0 Å². The zero-order valence-electron chi connectivity index (χ0n) is 10.6. The van der Waals surface area contributed by atoms with E-state index in [4.69, 9.17) is 16.2 Å². The fourth-order valence-corrected chi connectivity index (χ4v) is 1.67. The Morgan fingerprint density at radius 3 is 2.79 bits per heavy atom. The number of rotatable bonds is 4. The maximum Gasteiger partial charge on any atom is 0.254 e. The topological polar surface area (TPSA) is 91.2 Å². The molecule has 0 unspecified atom stereocenters. The predicted molar refractivity (Wildman–Crippen MR) is 73.1 cm³/mol. The molecule has 4 N–H and O–H groups in total. The highest BCUT2D eigenvalue weighted by Crippen LogP contribution is 2.28. The smallest absolute Gasteiger partial charge is 0.254 e. The lowest BCUT2D eigenvalue weighted by Gasteiger charge is -2.10. The summed E-state index contributed by atoms with van der Waals surface area (Å²) >= 11 is 0. The van der Waals surface area contributed by atoms with Crippen LogP contribution >= 0.6 is 0 Å². The number of nitrogens with two attached hydrogens (primary N) is 2. The van der Waals surface area contributed by atoms with Gasteiger partial charge in [-0.25, -0.2) is 4.98 Å². The molecule has 5 heteroatoms. The van der Waals surface area contributed by atoms with E-state index in [2.05, 4.69) is 4.98 Å². The molecule has 0 saturated carbocycles. The van der Waals surface area contributed by atoms with Gasteiger partial charge in [-0.3, -0.25) is 4.79 Å². The normalized spacial score (nSPS) is 10.2. The molecule has 0 aliphatic heterocycles. The Labute approximate surface area is 111 Å². The highest BCUT2D eigenvalue weighted by molar-refractivity contribution is 5.95. The van der Waals surface area contributed by atoms with Gasteiger partial charge in [0.1, 0.15) is 5.56 Å². The van der Waals surface area contributed by atoms with E-state index in [9.17, 15) is 4.79 Å². The number of aryl methyl sites for hydroxylation is 1. The molecule has 0 aliphatic carbocycles. The molecule has 19 heavy (non-hydrogen) atoms. The molecule has 1 aromatic heterocycles. The van der Waals surface area contributed by atoms with E-state index in [1.54, 1.807) is 18.2 Å². The summed E-state index contributed by atoms with van der Waals surface area (Å²) in [7, 11) is 0. The number of ether oxygens (including phenoxy) is 1. The number of carbonyl (C=O) groups excluding carboxylic acids is 1. The van der Waals surface area contributed by atoms with Gasteiger partial charge in [-0.05, 0) is 36.2 Å². The number of hydrogen-bond acceptors (Lipinski definition) is 4. The Morgan fingerprint density at radius 1 is 1.37 bits per heavy atom. The third-order valence-corrected chi connectivity index (χ3v) is 2.73. The van der Waals surface area contributed by atoms with Crippen LogP contribution in [0.5, 0.6) is 11.6 Å². The number of anilines is 1. The average molecular weight is 257 g/mol. The Morgan fingerprint density at radius 2 is 2.16 bits per heavy atom. The van der Waals surface area contributed by atoms with Gasteiger partial charge in [-0.15, -0.1) is 0 Å². The summed E-state index contributed by atoms with van der Waals surface area (Å²) in [6, 6.07) is 8.69. The number of nitrogens with zero attached hydrogens (tertiary/aromatic N) is 1. The standard InChI is InChI=1S/C14H15N3O2/c1-2-9-5-6-12(11(15)8-9)19-14-10(13(16)18)4-3-7-17-14/h3-8H,2,15H2,1H3,(H2,16,18). The van der Waals surface area contributed by atoms with Gasteiger partial charge in [0.25, 0.3) is 5.91 Å². The summed E-state index contributed by atoms with van der Waals surface area (Å²) in [6.07, 6.45) is 2.42. The summed E-state index contributed by atoms with van der Waals surface area (Å²) in [5, 5.41) is 0. The van der Waals surface area contributed by atoms with Gasteiger partial charge in [-0.2, -0.15) is 0 Å². The molecular weight excluding hydrogens is 242 g/mol. The second-order valence-corrected chi connectivity index (χ2v) is 4.05. The molecule has 0 bridgehead atoms. The van der Waals surface area contributed by atoms with Crippen LogP contribution in [0.15, 0.2) is 36.5 Å². The van der Waals surface area contributed by atoms with E-state index >= 15 is 0 Å². The minimum Gasteiger partial charge on any atom is -0.436 e. The minimum atomic E-state index is -0.591. The monoisotopic (exact) mass is 257 g/mol. The molecule has 2 rings (SSSR count). The van der Waals surface area contributed by atoms with Crippen LogP contribution in [0.3, 0.4) is 0 Å². The van der Waals surface area contributed by atoms with Crippen molar-refractivity contribution in [3.05, 3.63) is 47.7 Å². The maximum absolute atomic E-state index is 11.3. The molecule has 0 radical (unpaired) electrons. The zero-order chi connectivity index (χ0) is 13.8. The van der Waals surface area contributed by atoms with Crippen LogP contribution in [0.4, 0.5) is 5.69 Å². The van der Waals surface area contributed by atoms with Crippen molar-refractivity contribution in [3.8, 4) is 11.6 Å². The molecule has 98 valence electrons. The molecule has 1 amide bonds. The molecule has 0 fully saturated rings. The van der Waals surface area contributed by atoms with Gasteiger partial charge in [-0.1, -0.05) is 13.0 Å². The predicted octanol–water partition coefficient (Wildman–Crippen LogP) is 2.12. The fraction of sp³-hybridized carbons (Fsp3) is 0.143. The van der Waals surface area contributed by atoms with E-state index in [0.717, 1.165) is 12.0 Å². The third kappa shape index (κ3) is 2.82. The van der Waals surface area contributed by atoms with Gasteiger partial charge >= 0.3 is 0 Å². The molecule has 5 nitrogen and oxygen atoms in total. The first-order valence-corrected chi connectivity index (χ1v) is 5.93. The first-order valence-electron chi connectivity index (χ1n) is 5.93. The van der Waals surface area contributed by atoms with Gasteiger partial charge in [0.2, 0.25) is 5.88 Å². The van der Waals surface area contributed by atoms with Crippen LogP contribution in [-0.2, 0) is 6.42 Å². The lowest BCUT2D eigenvalue weighted by molar-refractivity contribution is 0.0997. The zero-order valence-corrected chi connectivity index (χ0v) is 10.6. The van der Waals surface area contributed by atoms with E-state index in [1.165, 1.54) is 6.20 Å². The molecule has 0 saturated heterocycles. The van der Waals surface area contributed by atoms with Crippen molar-refractivity contribution in [3.63, 3.8) is 0 Å². The average Bonchev–Trinajstić information content (AvgIpc) is 2.41. The van der Waals surface area contributed by atoms with Gasteiger partial charge in [0.05, 0.1) is 5.69 Å². The first kappa shape index (κ1) is 12.9. The molecule has 0 aliphatic rings. The Hall–Kier alpha value is -2.56. The number of nitrogen functional groups attached to an aromatic ring is 1. The SMILES string of the molecule is CCc1ccc(Oc2ncccc2C(N)=O)c(N)c1. The highest BCUT2D eigenvalue weighted by atomic mass is 16.5. The molecular formula is C14H15N3O2. The molecule has 0 atom stereocenters. The number of benzene rings is 1. The summed E-state index contributed by atoms with van der Waals surface area (Å²) in [5.41, 5.74) is 13.0. The number of hydrogen-bond donors (Lipinski definition) is 2. The van der Waals surface area contributed by atoms with Crippen molar-refractivity contribution in [2.75, 3.05) is 5.73 Å². The second kappa shape index (κ2) is 5.39. The summed E-state index contributed by atoms with van der Waals surface area (Å²) < 4.78 is 5.56. The van der Waals surface area contributed by atoms with Crippen LogP contribution in [-0.4, -0.2) is 10.9 Å². The van der Waals surface area contributed by atoms with Crippen LogP contribution in [0.2, 0.25) is 0 Å². The van der Waals surface area contributed by atoms with Gasteiger partial charge in [0.15, 0.2) is 5.75 Å². The molecule has 1 aromatic carbocycles. The lowest BCUT2D eigenvalue weighted by Crippen LogP contribution is -2.13. The number of aromatic nitrogens is 1. The molecule has 1 heterocycles. The number of pyridine rings is 1. The van der Waals surface area contributed by atoms with Crippen molar-refractivity contribution in [2.24, 2.45) is 5.73 Å². The number of amides is 1. The summed E-state index contributed by atoms with van der Waals surface area (Å²) in [6.45, 7) is 2.04. The summed E-state index contributed by atoms with van der Waals surface area (Å²) in [4.78, 5) is 15.3. The quantitative estimate of drug-likeness (QED) is 0.821. The van der Waals surface area contributed by atoms with Crippen molar-refractivity contribution in [1.29, 1.82) is 0 Å². The second-order valence-electron chi connectivity index (χ2n) is 4.05. The first-order chi connectivity index (χ1) is 9.11. The third-order valence-electron chi connectivity index (χ3n) is 2.73. The maximum atomic E-state index is 11.3. The Kier molecular flexibility index (Phi) is 3.66. The fourth-order valence-electron chi connectivity index (χ4n) is 1.67. The van der Waals surface area contributed by atoms with Crippen molar-refractivity contribution in [1.82, 2.24) is 4.98 Å². The van der Waals surface area contributed by atoms with E-state index < -0.39 is 5.91 Å². The van der Waals surface area contributed by atoms with Crippen molar-refractivity contribution in [2.45, 2.75) is 13.3 Å². The largest absolute Gasteiger partial charge is 0.436 e. The van der Waals surface area contributed by atoms with E-state index in [0.29, 0.717) is 11.4 Å². The van der Waals surface area contributed by atoms with Crippen LogP contribution in [0.1, 0.15) is 22.8 Å². The highest BCUT2D eigenvalue weighted by Gasteiger charge is 2.12.